The van der Waals surface area contributed by atoms with E-state index in [-0.39, 0.29) is 24.8 Å². The Labute approximate surface area is 167 Å². The van der Waals surface area contributed by atoms with Crippen LogP contribution in [0.2, 0.25) is 0 Å². The van der Waals surface area contributed by atoms with Gasteiger partial charge < -0.3 is 25.6 Å². The number of rotatable bonds is 12. The normalized spacial score (nSPS) is 15.0. The molecular weight excluding hydrogens is 383 g/mol. The molecule has 2 unspecified atom stereocenters. The Morgan fingerprint density at radius 3 is 2.39 bits per heavy atom. The quantitative estimate of drug-likeness (QED) is 0.268. The van der Waals surface area contributed by atoms with E-state index < -0.39 is 19.4 Å². The predicted molar refractivity (Wildman–Crippen MR) is 110 cm³/mol. The van der Waals surface area contributed by atoms with Crippen LogP contribution >= 0.6 is 7.37 Å². The SMILES string of the molecule is CCOC(C)(OCC)OP(=O)(CC)CC(CNC(=O)O)c1cc(N)ccc1C. The lowest BCUT2D eigenvalue weighted by Crippen LogP contribution is -2.36. The van der Waals surface area contributed by atoms with Gasteiger partial charge in [-0.3, -0.25) is 9.09 Å². The van der Waals surface area contributed by atoms with Gasteiger partial charge in [0.2, 0.25) is 7.37 Å². The van der Waals surface area contributed by atoms with Crippen molar-refractivity contribution in [3.8, 4) is 0 Å². The van der Waals surface area contributed by atoms with E-state index in [0.29, 0.717) is 18.9 Å². The summed E-state index contributed by atoms with van der Waals surface area (Å²) in [7, 11) is -3.22. The van der Waals surface area contributed by atoms with E-state index >= 15 is 0 Å². The molecule has 0 saturated carbocycles. The molecule has 0 aliphatic carbocycles. The van der Waals surface area contributed by atoms with Crippen molar-refractivity contribution in [3.63, 3.8) is 0 Å². The summed E-state index contributed by atoms with van der Waals surface area (Å²) in [5, 5.41) is 11.4. The highest BCUT2D eigenvalue weighted by Gasteiger charge is 2.38. The van der Waals surface area contributed by atoms with E-state index in [9.17, 15) is 9.36 Å². The molecule has 0 spiro atoms. The van der Waals surface area contributed by atoms with Crippen LogP contribution in [0.15, 0.2) is 18.2 Å². The summed E-state index contributed by atoms with van der Waals surface area (Å²) in [6, 6.07) is 5.42. The summed E-state index contributed by atoms with van der Waals surface area (Å²) in [4.78, 5) is 11.0. The number of amides is 1. The fourth-order valence-corrected chi connectivity index (χ4v) is 5.24. The van der Waals surface area contributed by atoms with Crippen molar-refractivity contribution in [2.45, 2.75) is 46.5 Å². The van der Waals surface area contributed by atoms with Crippen molar-refractivity contribution in [1.82, 2.24) is 5.32 Å². The van der Waals surface area contributed by atoms with Crippen LogP contribution in [-0.4, -0.2) is 49.3 Å². The lowest BCUT2D eigenvalue weighted by molar-refractivity contribution is -0.328. The van der Waals surface area contributed by atoms with E-state index in [0.717, 1.165) is 11.1 Å². The number of nitrogens with two attached hydrogens (primary N) is 1. The minimum Gasteiger partial charge on any atom is -0.465 e. The van der Waals surface area contributed by atoms with Gasteiger partial charge in [0.1, 0.15) is 0 Å². The number of hydrogen-bond donors (Lipinski definition) is 3. The van der Waals surface area contributed by atoms with Crippen LogP contribution < -0.4 is 11.1 Å². The number of nitrogen functional groups attached to an aromatic ring is 1. The van der Waals surface area contributed by atoms with Gasteiger partial charge in [0, 0.05) is 50.6 Å². The van der Waals surface area contributed by atoms with Crippen molar-refractivity contribution in [1.29, 1.82) is 0 Å². The molecule has 0 saturated heterocycles. The van der Waals surface area contributed by atoms with Gasteiger partial charge in [-0.1, -0.05) is 13.0 Å². The van der Waals surface area contributed by atoms with Crippen LogP contribution in [0.1, 0.15) is 44.7 Å². The second-order valence-corrected chi connectivity index (χ2v) is 9.44. The summed E-state index contributed by atoms with van der Waals surface area (Å²) in [5.74, 6) is -1.80. The van der Waals surface area contributed by atoms with Crippen LogP contribution in [0.4, 0.5) is 10.5 Å². The molecule has 0 heterocycles. The number of hydrogen-bond acceptors (Lipinski definition) is 6. The maximum Gasteiger partial charge on any atom is 0.404 e. The Bertz CT molecular complexity index is 691. The van der Waals surface area contributed by atoms with Crippen LogP contribution in [0.5, 0.6) is 0 Å². The Morgan fingerprint density at radius 2 is 1.89 bits per heavy atom. The summed E-state index contributed by atoms with van der Waals surface area (Å²) in [6.07, 6.45) is -0.760. The Kier molecular flexibility index (Phi) is 9.44. The van der Waals surface area contributed by atoms with Crippen LogP contribution in [0, 0.1) is 6.92 Å². The van der Waals surface area contributed by atoms with Gasteiger partial charge in [0.25, 0.3) is 5.97 Å². The lowest BCUT2D eigenvalue weighted by Gasteiger charge is -2.34. The van der Waals surface area contributed by atoms with Gasteiger partial charge in [-0.25, -0.2) is 4.79 Å². The molecule has 0 aliphatic rings. The second kappa shape index (κ2) is 10.8. The molecule has 9 heteroatoms. The van der Waals surface area contributed by atoms with Crippen molar-refractivity contribution < 1.29 is 28.5 Å². The zero-order valence-electron chi connectivity index (χ0n) is 17.4. The topological polar surface area (TPSA) is 120 Å². The molecule has 2 atom stereocenters. The Hall–Kier alpha value is -1.60. The number of carboxylic acid groups (broad SMARTS) is 1. The second-order valence-electron chi connectivity index (χ2n) is 6.63. The van der Waals surface area contributed by atoms with E-state index in [4.69, 9.17) is 24.8 Å². The van der Waals surface area contributed by atoms with E-state index in [1.54, 1.807) is 39.8 Å². The maximum atomic E-state index is 13.6. The first-order chi connectivity index (χ1) is 13.1. The zero-order chi connectivity index (χ0) is 21.4. The smallest absolute Gasteiger partial charge is 0.404 e. The van der Waals surface area contributed by atoms with E-state index in [1.807, 2.05) is 13.0 Å². The third-order valence-electron chi connectivity index (χ3n) is 4.37. The number of anilines is 1. The first kappa shape index (κ1) is 24.4. The minimum absolute atomic E-state index is 0.0902. The van der Waals surface area contributed by atoms with Gasteiger partial charge in [0.05, 0.1) is 0 Å². The fraction of sp³-hybridized carbons (Fsp3) is 0.632. The van der Waals surface area contributed by atoms with Crippen LogP contribution in [0.25, 0.3) is 0 Å². The van der Waals surface area contributed by atoms with Crippen molar-refractivity contribution in [2.24, 2.45) is 0 Å². The highest BCUT2D eigenvalue weighted by atomic mass is 31.2. The molecule has 1 aromatic carbocycles. The number of nitrogens with one attached hydrogen (secondary N) is 1. The number of carbonyl (C=O) groups is 1. The highest BCUT2D eigenvalue weighted by molar-refractivity contribution is 7.59. The van der Waals surface area contributed by atoms with Crippen molar-refractivity contribution in [3.05, 3.63) is 29.3 Å². The average Bonchev–Trinajstić information content (AvgIpc) is 2.61. The molecule has 0 aromatic heterocycles. The molecule has 8 nitrogen and oxygen atoms in total. The average molecular weight is 416 g/mol. The molecular formula is C19H33N2O6P. The predicted octanol–water partition coefficient (Wildman–Crippen LogP) is 3.99. The van der Waals surface area contributed by atoms with Gasteiger partial charge in [-0.15, -0.1) is 0 Å². The molecule has 0 bridgehead atoms. The van der Waals surface area contributed by atoms with Crippen LogP contribution in [-0.2, 0) is 18.6 Å². The highest BCUT2D eigenvalue weighted by Crippen LogP contribution is 2.53. The summed E-state index contributed by atoms with van der Waals surface area (Å²) >= 11 is 0. The number of ether oxygens (including phenoxy) is 2. The van der Waals surface area contributed by atoms with E-state index in [2.05, 4.69) is 5.32 Å². The maximum absolute atomic E-state index is 13.6. The zero-order valence-corrected chi connectivity index (χ0v) is 18.3. The summed E-state index contributed by atoms with van der Waals surface area (Å²) in [6.45, 7) is 9.63. The number of benzene rings is 1. The van der Waals surface area contributed by atoms with Gasteiger partial charge in [-0.05, 0) is 44.0 Å². The third kappa shape index (κ3) is 7.43. The lowest BCUT2D eigenvalue weighted by atomic mass is 9.95. The van der Waals surface area contributed by atoms with Gasteiger partial charge in [-0.2, -0.15) is 0 Å². The molecule has 0 aliphatic heterocycles. The first-order valence-corrected chi connectivity index (χ1v) is 11.5. The summed E-state index contributed by atoms with van der Waals surface area (Å²) in [5.41, 5.74) is 8.25. The fourth-order valence-electron chi connectivity index (χ4n) is 3.07. The largest absolute Gasteiger partial charge is 0.465 e. The molecule has 28 heavy (non-hydrogen) atoms. The molecule has 0 radical (unpaired) electrons. The van der Waals surface area contributed by atoms with E-state index in [1.165, 1.54) is 0 Å². The number of aryl methyl sites for hydroxylation is 1. The summed E-state index contributed by atoms with van der Waals surface area (Å²) < 4.78 is 30.6. The van der Waals surface area contributed by atoms with Gasteiger partial charge in [0.15, 0.2) is 0 Å². The minimum atomic E-state index is -3.22. The molecule has 1 aromatic rings. The Morgan fingerprint density at radius 1 is 1.29 bits per heavy atom. The monoisotopic (exact) mass is 416 g/mol. The third-order valence-corrected chi connectivity index (χ3v) is 6.99. The first-order valence-electron chi connectivity index (χ1n) is 9.47. The Balaban J connectivity index is 3.19. The standard InChI is InChI=1S/C19H33N2O6P/c1-6-25-19(5,26-7-2)27-28(24,8-3)13-15(12-21-18(22)23)17-11-16(20)10-9-14(17)4/h9-11,15,21H,6-8,12-13,20H2,1-5H3,(H,22,23). The molecule has 4 N–H and O–H groups in total. The molecule has 1 amide bonds. The molecule has 160 valence electrons. The van der Waals surface area contributed by atoms with Gasteiger partial charge >= 0.3 is 6.09 Å². The van der Waals surface area contributed by atoms with Crippen molar-refractivity contribution in [2.75, 3.05) is 37.8 Å². The molecule has 0 fully saturated rings. The molecule has 1 rings (SSSR count). The van der Waals surface area contributed by atoms with Crippen molar-refractivity contribution >= 4 is 19.1 Å². The van der Waals surface area contributed by atoms with Crippen LogP contribution in [0.3, 0.4) is 0 Å².